The summed E-state index contributed by atoms with van der Waals surface area (Å²) in [5, 5.41) is 7.79. The summed E-state index contributed by atoms with van der Waals surface area (Å²) >= 11 is 12.2. The number of hydrogen-bond acceptors (Lipinski definition) is 5. The van der Waals surface area contributed by atoms with Crippen LogP contribution in [0, 0.1) is 5.92 Å². The monoisotopic (exact) mass is 423 g/mol. The number of halogens is 2. The van der Waals surface area contributed by atoms with Crippen LogP contribution in [-0.4, -0.2) is 33.8 Å². The molecule has 1 aliphatic rings. The van der Waals surface area contributed by atoms with E-state index in [4.69, 9.17) is 23.2 Å². The molecule has 1 aliphatic heterocycles. The van der Waals surface area contributed by atoms with E-state index in [0.717, 1.165) is 0 Å². The molecule has 3 rings (SSSR count). The maximum absolute atomic E-state index is 12.5. The molecular weight excluding hydrogens is 401 g/mol. The Morgan fingerprint density at radius 3 is 2.43 bits per heavy atom. The van der Waals surface area contributed by atoms with Crippen LogP contribution in [-0.2, 0) is 10.3 Å². The van der Waals surface area contributed by atoms with Gasteiger partial charge in [-0.2, -0.15) is 5.10 Å². The molecule has 1 fully saturated rings. The minimum absolute atomic E-state index is 0.0677. The molecule has 0 aliphatic carbocycles. The number of carbonyl (C=O) groups excluding carboxylic acids is 1. The van der Waals surface area contributed by atoms with Crippen LogP contribution in [0.1, 0.15) is 33.6 Å². The van der Waals surface area contributed by atoms with E-state index < -0.39 is 5.54 Å². The first kappa shape index (κ1) is 20.6. The first-order valence-electron chi connectivity index (χ1n) is 9.12. The van der Waals surface area contributed by atoms with Gasteiger partial charge in [-0.3, -0.25) is 9.59 Å². The maximum Gasteiger partial charge on any atom is 0.288 e. The van der Waals surface area contributed by atoms with E-state index in [0.29, 0.717) is 42.5 Å². The standard InChI is InChI=1S/C19H23Cl2N5O2/c1-19(2,3)26-18(28)16(21)14(11-23-26)25-8-6-12(7-9-25)17(27)24-15-5-4-13(20)10-22-15/h4-5,10-12H,6-9H2,1-3H3,(H,22,24,27). The number of piperidine rings is 1. The molecule has 0 atom stereocenters. The lowest BCUT2D eigenvalue weighted by molar-refractivity contribution is -0.120. The van der Waals surface area contributed by atoms with Crippen molar-refractivity contribution in [2.75, 3.05) is 23.3 Å². The highest BCUT2D eigenvalue weighted by atomic mass is 35.5. The van der Waals surface area contributed by atoms with E-state index >= 15 is 0 Å². The van der Waals surface area contributed by atoms with Gasteiger partial charge >= 0.3 is 0 Å². The quantitative estimate of drug-likeness (QED) is 0.815. The largest absolute Gasteiger partial charge is 0.369 e. The molecule has 1 amide bonds. The van der Waals surface area contributed by atoms with Gasteiger partial charge in [-0.15, -0.1) is 0 Å². The van der Waals surface area contributed by atoms with E-state index in [1.165, 1.54) is 10.9 Å². The third-order valence-electron chi connectivity index (χ3n) is 4.72. The van der Waals surface area contributed by atoms with E-state index in [2.05, 4.69) is 15.4 Å². The van der Waals surface area contributed by atoms with Gasteiger partial charge in [-0.05, 0) is 45.7 Å². The highest BCUT2D eigenvalue weighted by Crippen LogP contribution is 2.28. The molecule has 1 N–H and O–H groups in total. The molecule has 1 saturated heterocycles. The summed E-state index contributed by atoms with van der Waals surface area (Å²) in [6.45, 7) is 6.93. The van der Waals surface area contributed by atoms with Crippen molar-refractivity contribution >= 4 is 40.6 Å². The van der Waals surface area contributed by atoms with Gasteiger partial charge in [0.1, 0.15) is 10.8 Å². The van der Waals surface area contributed by atoms with Gasteiger partial charge in [0.2, 0.25) is 5.91 Å². The molecule has 0 bridgehead atoms. The van der Waals surface area contributed by atoms with E-state index in [9.17, 15) is 9.59 Å². The van der Waals surface area contributed by atoms with Crippen molar-refractivity contribution < 1.29 is 4.79 Å². The van der Waals surface area contributed by atoms with Crippen LogP contribution in [0.5, 0.6) is 0 Å². The molecule has 0 radical (unpaired) electrons. The van der Waals surface area contributed by atoms with E-state index in [-0.39, 0.29) is 22.4 Å². The number of amides is 1. The number of rotatable bonds is 3. The molecule has 28 heavy (non-hydrogen) atoms. The molecule has 9 heteroatoms. The smallest absolute Gasteiger partial charge is 0.288 e. The Balaban J connectivity index is 1.65. The van der Waals surface area contributed by atoms with Crippen LogP contribution < -0.4 is 15.8 Å². The van der Waals surface area contributed by atoms with Crippen molar-refractivity contribution in [1.29, 1.82) is 0 Å². The van der Waals surface area contributed by atoms with Gasteiger partial charge in [-0.1, -0.05) is 23.2 Å². The van der Waals surface area contributed by atoms with Crippen molar-refractivity contribution in [1.82, 2.24) is 14.8 Å². The fourth-order valence-electron chi connectivity index (χ4n) is 3.18. The van der Waals surface area contributed by atoms with Gasteiger partial charge in [0.25, 0.3) is 5.56 Å². The van der Waals surface area contributed by atoms with Crippen LogP contribution in [0.3, 0.4) is 0 Å². The second-order valence-electron chi connectivity index (χ2n) is 7.84. The van der Waals surface area contributed by atoms with Gasteiger partial charge in [0, 0.05) is 25.2 Å². The molecule has 7 nitrogen and oxygen atoms in total. The summed E-state index contributed by atoms with van der Waals surface area (Å²) in [5.41, 5.74) is -0.134. The molecule has 3 heterocycles. The second-order valence-corrected chi connectivity index (χ2v) is 8.66. The average molecular weight is 424 g/mol. The Morgan fingerprint density at radius 1 is 1.18 bits per heavy atom. The lowest BCUT2D eigenvalue weighted by Gasteiger charge is -2.33. The van der Waals surface area contributed by atoms with Crippen LogP contribution in [0.25, 0.3) is 0 Å². The zero-order valence-electron chi connectivity index (χ0n) is 16.1. The van der Waals surface area contributed by atoms with Crippen LogP contribution in [0.4, 0.5) is 11.5 Å². The number of pyridine rings is 1. The van der Waals surface area contributed by atoms with Crippen molar-refractivity contribution in [3.8, 4) is 0 Å². The fourth-order valence-corrected chi connectivity index (χ4v) is 3.54. The van der Waals surface area contributed by atoms with E-state index in [1.54, 1.807) is 18.3 Å². The summed E-state index contributed by atoms with van der Waals surface area (Å²) in [7, 11) is 0. The Hall–Kier alpha value is -2.12. The van der Waals surface area contributed by atoms with Gasteiger partial charge in [0.05, 0.1) is 22.4 Å². The van der Waals surface area contributed by atoms with Gasteiger partial charge in [0.15, 0.2) is 0 Å². The highest BCUT2D eigenvalue weighted by molar-refractivity contribution is 6.33. The van der Waals surface area contributed by atoms with E-state index in [1.807, 2.05) is 25.7 Å². The summed E-state index contributed by atoms with van der Waals surface area (Å²) in [6.07, 6.45) is 4.43. The predicted molar refractivity (Wildman–Crippen MR) is 111 cm³/mol. The highest BCUT2D eigenvalue weighted by Gasteiger charge is 2.28. The molecule has 0 aromatic carbocycles. The molecular formula is C19H23Cl2N5O2. The SMILES string of the molecule is CC(C)(C)n1ncc(N2CCC(C(=O)Nc3ccc(Cl)cn3)CC2)c(Cl)c1=O. The zero-order chi connectivity index (χ0) is 20.5. The first-order chi connectivity index (χ1) is 13.2. The first-order valence-corrected chi connectivity index (χ1v) is 9.88. The number of carbonyl (C=O) groups is 1. The number of aromatic nitrogens is 3. The molecule has 2 aromatic rings. The maximum atomic E-state index is 12.5. The molecule has 0 saturated carbocycles. The minimum Gasteiger partial charge on any atom is -0.369 e. The molecule has 2 aromatic heterocycles. The van der Waals surface area contributed by atoms with Crippen molar-refractivity contribution in [2.24, 2.45) is 5.92 Å². The van der Waals surface area contributed by atoms with Crippen molar-refractivity contribution in [3.63, 3.8) is 0 Å². The number of anilines is 2. The Morgan fingerprint density at radius 2 is 1.86 bits per heavy atom. The van der Waals surface area contributed by atoms with Gasteiger partial charge < -0.3 is 10.2 Å². The molecule has 150 valence electrons. The summed E-state index contributed by atoms with van der Waals surface area (Å²) in [5.74, 6) is 0.284. The third kappa shape index (κ3) is 4.47. The Kier molecular flexibility index (Phi) is 5.95. The minimum atomic E-state index is -0.444. The summed E-state index contributed by atoms with van der Waals surface area (Å²) in [6, 6.07) is 3.35. The third-order valence-corrected chi connectivity index (χ3v) is 5.30. The van der Waals surface area contributed by atoms with Crippen molar-refractivity contribution in [2.45, 2.75) is 39.2 Å². The number of nitrogens with one attached hydrogen (secondary N) is 1. The van der Waals surface area contributed by atoms with Crippen LogP contribution in [0.2, 0.25) is 10.0 Å². The molecule has 0 spiro atoms. The fraction of sp³-hybridized carbons (Fsp3) is 0.474. The van der Waals surface area contributed by atoms with Crippen molar-refractivity contribution in [3.05, 3.63) is 44.9 Å². The Bertz CT molecular complexity index is 913. The summed E-state index contributed by atoms with van der Waals surface area (Å²) < 4.78 is 1.39. The second kappa shape index (κ2) is 8.09. The van der Waals surface area contributed by atoms with Gasteiger partial charge in [-0.25, -0.2) is 9.67 Å². The Labute approximate surface area is 173 Å². The van der Waals surface area contributed by atoms with Crippen LogP contribution in [0.15, 0.2) is 29.3 Å². The number of nitrogens with zero attached hydrogens (tertiary/aromatic N) is 4. The number of hydrogen-bond donors (Lipinski definition) is 1. The topological polar surface area (TPSA) is 80.1 Å². The average Bonchev–Trinajstić information content (AvgIpc) is 2.65. The normalized spacial score (nSPS) is 15.5. The lowest BCUT2D eigenvalue weighted by atomic mass is 9.95. The predicted octanol–water partition coefficient (Wildman–Crippen LogP) is 3.56. The van der Waals surface area contributed by atoms with Crippen LogP contribution >= 0.6 is 23.2 Å². The summed E-state index contributed by atoms with van der Waals surface area (Å²) in [4.78, 5) is 31.1. The lowest BCUT2D eigenvalue weighted by Crippen LogP contribution is -2.41. The zero-order valence-corrected chi connectivity index (χ0v) is 17.6. The molecule has 0 unspecified atom stereocenters.